The minimum atomic E-state index is -0.266. The smallest absolute Gasteiger partial charge is 0.292 e. The van der Waals surface area contributed by atoms with E-state index in [0.717, 1.165) is 0 Å². The number of fused-ring (bicyclic) bond motifs is 1. The fourth-order valence-corrected chi connectivity index (χ4v) is 1.85. The minimum Gasteiger partial charge on any atom is -0.507 e. The normalized spacial score (nSPS) is 11.6. The van der Waals surface area contributed by atoms with Gasteiger partial charge in [0, 0.05) is 11.6 Å². The first-order chi connectivity index (χ1) is 7.43. The summed E-state index contributed by atoms with van der Waals surface area (Å²) >= 11 is 6.02. The lowest BCUT2D eigenvalue weighted by Gasteiger charge is -2.00. The number of aromatic hydroxyl groups is 1. The van der Waals surface area contributed by atoms with E-state index in [0.29, 0.717) is 16.5 Å². The monoisotopic (exact) mass is 241 g/mol. The third-order valence-electron chi connectivity index (χ3n) is 2.53. The molecule has 0 saturated heterocycles. The largest absolute Gasteiger partial charge is 0.507 e. The van der Waals surface area contributed by atoms with Crippen LogP contribution in [0.1, 0.15) is 25.5 Å². The average molecular weight is 242 g/mol. The molecule has 0 bridgehead atoms. The van der Waals surface area contributed by atoms with E-state index in [1.54, 1.807) is 6.92 Å². The van der Waals surface area contributed by atoms with E-state index in [-0.39, 0.29) is 22.4 Å². The van der Waals surface area contributed by atoms with E-state index in [2.05, 4.69) is 0 Å². The maximum atomic E-state index is 12.0. The Morgan fingerprint density at radius 2 is 2.12 bits per heavy atom. The molecule has 0 aliphatic heterocycles. The van der Waals surface area contributed by atoms with E-state index in [4.69, 9.17) is 16.1 Å². The van der Waals surface area contributed by atoms with Crippen molar-refractivity contribution in [2.75, 3.05) is 0 Å². The molecule has 0 saturated carbocycles. The Labute approximate surface area is 97.0 Å². The standard InChI is InChI=1S/C11H12ClNO3/c1-5(2)13-11(15)9-8(16-13)4-7(14)6(3)10(9)12/h4-5,14H,1-3H3. The highest BCUT2D eigenvalue weighted by Crippen LogP contribution is 2.32. The number of hydrogen-bond acceptors (Lipinski definition) is 3. The summed E-state index contributed by atoms with van der Waals surface area (Å²) in [6.07, 6.45) is 0. The van der Waals surface area contributed by atoms with Gasteiger partial charge in [0.25, 0.3) is 5.56 Å². The SMILES string of the molecule is Cc1c(O)cc2on(C(C)C)c(=O)c2c1Cl. The fourth-order valence-electron chi connectivity index (χ4n) is 1.58. The summed E-state index contributed by atoms with van der Waals surface area (Å²) in [5.74, 6) is 0.0298. The van der Waals surface area contributed by atoms with Crippen LogP contribution in [0, 0.1) is 6.92 Å². The van der Waals surface area contributed by atoms with Gasteiger partial charge in [0.1, 0.15) is 11.1 Å². The molecule has 0 fully saturated rings. The predicted octanol–water partition coefficient (Wildman–Crippen LogP) is 2.84. The van der Waals surface area contributed by atoms with Crippen LogP contribution in [0.4, 0.5) is 0 Å². The van der Waals surface area contributed by atoms with Crippen molar-refractivity contribution in [3.8, 4) is 5.75 Å². The maximum absolute atomic E-state index is 12.0. The zero-order valence-electron chi connectivity index (χ0n) is 9.24. The van der Waals surface area contributed by atoms with E-state index < -0.39 is 0 Å². The molecular weight excluding hydrogens is 230 g/mol. The first-order valence-electron chi connectivity index (χ1n) is 4.97. The van der Waals surface area contributed by atoms with Crippen molar-refractivity contribution in [3.63, 3.8) is 0 Å². The summed E-state index contributed by atoms with van der Waals surface area (Å²) in [5.41, 5.74) is 0.535. The fraction of sp³-hybridized carbons (Fsp3) is 0.364. The number of phenols is 1. The van der Waals surface area contributed by atoms with Gasteiger partial charge >= 0.3 is 0 Å². The van der Waals surface area contributed by atoms with Crippen LogP contribution in [0.3, 0.4) is 0 Å². The highest BCUT2D eigenvalue weighted by Gasteiger charge is 2.18. The number of nitrogens with zero attached hydrogens (tertiary/aromatic N) is 1. The molecule has 5 heteroatoms. The molecule has 1 aromatic heterocycles. The van der Waals surface area contributed by atoms with Crippen molar-refractivity contribution in [1.82, 2.24) is 4.74 Å². The van der Waals surface area contributed by atoms with E-state index in [1.807, 2.05) is 13.8 Å². The second-order valence-electron chi connectivity index (χ2n) is 4.02. The van der Waals surface area contributed by atoms with Crippen molar-refractivity contribution in [3.05, 3.63) is 27.0 Å². The van der Waals surface area contributed by atoms with Gasteiger partial charge in [-0.05, 0) is 20.8 Å². The lowest BCUT2D eigenvalue weighted by Crippen LogP contribution is -2.16. The van der Waals surface area contributed by atoms with Gasteiger partial charge in [-0.25, -0.2) is 0 Å². The van der Waals surface area contributed by atoms with Crippen molar-refractivity contribution in [2.45, 2.75) is 26.8 Å². The van der Waals surface area contributed by atoms with Crippen molar-refractivity contribution >= 4 is 22.6 Å². The van der Waals surface area contributed by atoms with Gasteiger partial charge < -0.3 is 9.63 Å². The van der Waals surface area contributed by atoms with Crippen LogP contribution in [0.15, 0.2) is 15.4 Å². The molecule has 86 valence electrons. The molecule has 1 aromatic carbocycles. The van der Waals surface area contributed by atoms with Crippen LogP contribution in [0.5, 0.6) is 5.75 Å². The summed E-state index contributed by atoms with van der Waals surface area (Å²) in [6.45, 7) is 5.33. The van der Waals surface area contributed by atoms with Crippen molar-refractivity contribution < 1.29 is 9.63 Å². The van der Waals surface area contributed by atoms with Crippen molar-refractivity contribution in [1.29, 1.82) is 0 Å². The van der Waals surface area contributed by atoms with Crippen LogP contribution in [-0.4, -0.2) is 9.85 Å². The first kappa shape index (κ1) is 11.1. The number of hydrogen-bond donors (Lipinski definition) is 1. The van der Waals surface area contributed by atoms with Gasteiger partial charge in [-0.2, -0.15) is 4.74 Å². The third kappa shape index (κ3) is 1.41. The topological polar surface area (TPSA) is 55.4 Å². The molecule has 0 atom stereocenters. The Morgan fingerprint density at radius 3 is 2.69 bits per heavy atom. The summed E-state index contributed by atoms with van der Waals surface area (Å²) in [7, 11) is 0. The molecule has 2 aromatic rings. The van der Waals surface area contributed by atoms with E-state index >= 15 is 0 Å². The zero-order valence-corrected chi connectivity index (χ0v) is 10.00. The highest BCUT2D eigenvalue weighted by molar-refractivity contribution is 6.36. The average Bonchev–Trinajstić information content (AvgIpc) is 2.52. The Bertz CT molecular complexity index is 610. The minimum absolute atomic E-state index is 0.0298. The molecule has 0 amide bonds. The first-order valence-corrected chi connectivity index (χ1v) is 5.35. The molecule has 0 unspecified atom stereocenters. The van der Waals surface area contributed by atoms with Crippen molar-refractivity contribution in [2.24, 2.45) is 0 Å². The van der Waals surface area contributed by atoms with Crippen LogP contribution in [0.2, 0.25) is 5.02 Å². The van der Waals surface area contributed by atoms with Gasteiger partial charge in [0.2, 0.25) is 0 Å². The molecule has 0 spiro atoms. The molecule has 1 N–H and O–H groups in total. The summed E-state index contributed by atoms with van der Waals surface area (Å²) in [4.78, 5) is 12.0. The lowest BCUT2D eigenvalue weighted by molar-refractivity contribution is 0.250. The molecular formula is C11H12ClNO3. The van der Waals surface area contributed by atoms with Gasteiger partial charge in [0.15, 0.2) is 5.58 Å². The molecule has 2 rings (SSSR count). The van der Waals surface area contributed by atoms with Gasteiger partial charge in [-0.1, -0.05) is 11.6 Å². The number of aromatic nitrogens is 1. The maximum Gasteiger partial charge on any atom is 0.292 e. The second kappa shape index (κ2) is 3.56. The van der Waals surface area contributed by atoms with Crippen LogP contribution < -0.4 is 5.56 Å². The molecule has 1 heterocycles. The number of phenolic OH excluding ortho intramolecular Hbond substituents is 1. The van der Waals surface area contributed by atoms with E-state index in [1.165, 1.54) is 10.8 Å². The number of rotatable bonds is 1. The highest BCUT2D eigenvalue weighted by atomic mass is 35.5. The molecule has 0 radical (unpaired) electrons. The van der Waals surface area contributed by atoms with Crippen LogP contribution in [-0.2, 0) is 0 Å². The molecule has 4 nitrogen and oxygen atoms in total. The summed E-state index contributed by atoms with van der Waals surface area (Å²) in [6, 6.07) is 1.33. The summed E-state index contributed by atoms with van der Waals surface area (Å²) < 4.78 is 6.58. The Morgan fingerprint density at radius 1 is 1.50 bits per heavy atom. The zero-order chi connectivity index (χ0) is 12.0. The van der Waals surface area contributed by atoms with Crippen LogP contribution >= 0.6 is 11.6 Å². The molecule has 0 aliphatic carbocycles. The summed E-state index contributed by atoms with van der Waals surface area (Å²) in [5, 5.41) is 10.2. The number of halogens is 1. The lowest BCUT2D eigenvalue weighted by atomic mass is 10.1. The van der Waals surface area contributed by atoms with Crippen LogP contribution in [0.25, 0.3) is 11.0 Å². The molecule has 0 aliphatic rings. The Hall–Kier alpha value is -1.42. The predicted molar refractivity (Wildman–Crippen MR) is 62.3 cm³/mol. The van der Waals surface area contributed by atoms with Gasteiger partial charge in [-0.3, -0.25) is 4.79 Å². The Kier molecular flexibility index (Phi) is 2.46. The van der Waals surface area contributed by atoms with E-state index in [9.17, 15) is 9.90 Å². The molecule has 16 heavy (non-hydrogen) atoms. The quantitative estimate of drug-likeness (QED) is 0.835. The van der Waals surface area contributed by atoms with Gasteiger partial charge in [-0.15, -0.1) is 0 Å². The number of benzene rings is 1. The Balaban J connectivity index is 2.94. The van der Waals surface area contributed by atoms with Gasteiger partial charge in [0.05, 0.1) is 11.1 Å². The second-order valence-corrected chi connectivity index (χ2v) is 4.40. The third-order valence-corrected chi connectivity index (χ3v) is 3.00.